The highest BCUT2D eigenvalue weighted by molar-refractivity contribution is 5.95. The summed E-state index contributed by atoms with van der Waals surface area (Å²) in [4.78, 5) is 13.5. The summed E-state index contributed by atoms with van der Waals surface area (Å²) < 4.78 is 4.79. The molecule has 4 nitrogen and oxygen atoms in total. The predicted molar refractivity (Wildman–Crippen MR) is 78.8 cm³/mol. The van der Waals surface area contributed by atoms with E-state index in [1.807, 2.05) is 32.3 Å². The Morgan fingerprint density at radius 3 is 2.53 bits per heavy atom. The Kier molecular flexibility index (Phi) is 4.02. The fourth-order valence-corrected chi connectivity index (χ4v) is 1.92. The number of hydrogen-bond acceptors (Lipinski definition) is 3. The lowest BCUT2D eigenvalue weighted by atomic mass is 10.1. The van der Waals surface area contributed by atoms with E-state index in [1.54, 1.807) is 0 Å². The van der Waals surface area contributed by atoms with Crippen molar-refractivity contribution in [1.82, 2.24) is 0 Å². The van der Waals surface area contributed by atoms with Gasteiger partial charge in [-0.2, -0.15) is 0 Å². The Morgan fingerprint density at radius 2 is 1.84 bits per heavy atom. The van der Waals surface area contributed by atoms with Crippen LogP contribution in [0.15, 0.2) is 36.4 Å². The SMILES string of the molecule is COCC(=O)Nc1ccc2cc(N(C)C)ccc2c1. The maximum absolute atomic E-state index is 11.4. The third-order valence-electron chi connectivity index (χ3n) is 2.90. The van der Waals surface area contributed by atoms with Crippen molar-refractivity contribution in [3.63, 3.8) is 0 Å². The lowest BCUT2D eigenvalue weighted by Crippen LogP contribution is -2.16. The van der Waals surface area contributed by atoms with Crippen molar-refractivity contribution in [1.29, 1.82) is 0 Å². The summed E-state index contributed by atoms with van der Waals surface area (Å²) in [7, 11) is 5.53. The van der Waals surface area contributed by atoms with E-state index in [0.717, 1.165) is 22.1 Å². The van der Waals surface area contributed by atoms with Gasteiger partial charge in [-0.05, 0) is 35.0 Å². The van der Waals surface area contributed by atoms with Crippen molar-refractivity contribution in [2.24, 2.45) is 0 Å². The van der Waals surface area contributed by atoms with Gasteiger partial charge in [0.1, 0.15) is 6.61 Å². The minimum atomic E-state index is -0.147. The zero-order valence-corrected chi connectivity index (χ0v) is 11.4. The van der Waals surface area contributed by atoms with Crippen molar-refractivity contribution in [3.05, 3.63) is 36.4 Å². The molecule has 0 bridgehead atoms. The van der Waals surface area contributed by atoms with Gasteiger partial charge in [-0.15, -0.1) is 0 Å². The number of nitrogens with one attached hydrogen (secondary N) is 1. The van der Waals surface area contributed by atoms with Crippen LogP contribution in [-0.4, -0.2) is 33.7 Å². The van der Waals surface area contributed by atoms with E-state index in [0.29, 0.717) is 0 Å². The highest BCUT2D eigenvalue weighted by Gasteiger charge is 2.03. The molecule has 0 fully saturated rings. The Bertz CT molecular complexity index is 594. The van der Waals surface area contributed by atoms with E-state index in [4.69, 9.17) is 4.74 Å². The van der Waals surface area contributed by atoms with Crippen LogP contribution in [0.2, 0.25) is 0 Å². The average Bonchev–Trinajstić information content (AvgIpc) is 2.38. The van der Waals surface area contributed by atoms with Gasteiger partial charge in [-0.1, -0.05) is 12.1 Å². The molecular formula is C15H18N2O2. The molecule has 19 heavy (non-hydrogen) atoms. The van der Waals surface area contributed by atoms with Gasteiger partial charge in [0.25, 0.3) is 0 Å². The number of carbonyl (C=O) groups is 1. The number of anilines is 2. The van der Waals surface area contributed by atoms with Crippen molar-refractivity contribution < 1.29 is 9.53 Å². The minimum Gasteiger partial charge on any atom is -0.378 e. The summed E-state index contributed by atoms with van der Waals surface area (Å²) in [6.07, 6.45) is 0. The summed E-state index contributed by atoms with van der Waals surface area (Å²) >= 11 is 0. The maximum Gasteiger partial charge on any atom is 0.250 e. The molecule has 4 heteroatoms. The second kappa shape index (κ2) is 5.71. The van der Waals surface area contributed by atoms with Crippen LogP contribution in [0, 0.1) is 0 Å². The van der Waals surface area contributed by atoms with Crippen LogP contribution in [0.1, 0.15) is 0 Å². The van der Waals surface area contributed by atoms with Gasteiger partial charge >= 0.3 is 0 Å². The lowest BCUT2D eigenvalue weighted by Gasteiger charge is -2.13. The molecule has 2 aromatic carbocycles. The van der Waals surface area contributed by atoms with E-state index in [-0.39, 0.29) is 12.5 Å². The van der Waals surface area contributed by atoms with E-state index >= 15 is 0 Å². The molecule has 2 rings (SSSR count). The smallest absolute Gasteiger partial charge is 0.250 e. The zero-order chi connectivity index (χ0) is 13.8. The van der Waals surface area contributed by atoms with Crippen LogP contribution in [0.25, 0.3) is 10.8 Å². The summed E-state index contributed by atoms with van der Waals surface area (Å²) in [5.41, 5.74) is 1.94. The predicted octanol–water partition coefficient (Wildman–Crippen LogP) is 2.49. The monoisotopic (exact) mass is 258 g/mol. The van der Waals surface area contributed by atoms with Gasteiger partial charge in [-0.3, -0.25) is 4.79 Å². The number of nitrogens with zero attached hydrogens (tertiary/aromatic N) is 1. The van der Waals surface area contributed by atoms with Gasteiger partial charge < -0.3 is 15.0 Å². The highest BCUT2D eigenvalue weighted by Crippen LogP contribution is 2.23. The van der Waals surface area contributed by atoms with Crippen molar-refractivity contribution >= 4 is 28.1 Å². The average molecular weight is 258 g/mol. The van der Waals surface area contributed by atoms with Crippen LogP contribution < -0.4 is 10.2 Å². The number of amides is 1. The van der Waals surface area contributed by atoms with Crippen molar-refractivity contribution in [3.8, 4) is 0 Å². The molecule has 0 aliphatic rings. The second-order valence-corrected chi connectivity index (χ2v) is 4.62. The summed E-state index contributed by atoms with van der Waals surface area (Å²) in [6.45, 7) is 0.0671. The summed E-state index contributed by atoms with van der Waals surface area (Å²) in [6, 6.07) is 12.1. The Balaban J connectivity index is 2.26. The fraction of sp³-hybridized carbons (Fsp3) is 0.267. The molecule has 0 saturated heterocycles. The van der Waals surface area contributed by atoms with E-state index < -0.39 is 0 Å². The largest absolute Gasteiger partial charge is 0.378 e. The Hall–Kier alpha value is -2.07. The van der Waals surface area contributed by atoms with Gasteiger partial charge in [-0.25, -0.2) is 0 Å². The number of methoxy groups -OCH3 is 1. The van der Waals surface area contributed by atoms with Gasteiger partial charge in [0.2, 0.25) is 5.91 Å². The Morgan fingerprint density at radius 1 is 1.16 bits per heavy atom. The first-order chi connectivity index (χ1) is 9.10. The highest BCUT2D eigenvalue weighted by atomic mass is 16.5. The quantitative estimate of drug-likeness (QED) is 0.916. The van der Waals surface area contributed by atoms with Gasteiger partial charge in [0.05, 0.1) is 0 Å². The third kappa shape index (κ3) is 3.23. The first-order valence-corrected chi connectivity index (χ1v) is 6.10. The number of fused-ring (bicyclic) bond motifs is 1. The molecule has 0 atom stereocenters. The lowest BCUT2D eigenvalue weighted by molar-refractivity contribution is -0.119. The molecule has 0 aliphatic carbocycles. The molecule has 0 heterocycles. The van der Waals surface area contributed by atoms with E-state index in [1.165, 1.54) is 7.11 Å². The number of benzene rings is 2. The van der Waals surface area contributed by atoms with Crippen LogP contribution in [0.5, 0.6) is 0 Å². The molecule has 1 N–H and O–H groups in total. The van der Waals surface area contributed by atoms with Crippen LogP contribution >= 0.6 is 0 Å². The molecule has 0 aliphatic heterocycles. The summed E-state index contributed by atoms with van der Waals surface area (Å²) in [5, 5.41) is 5.04. The molecular weight excluding hydrogens is 240 g/mol. The van der Waals surface area contributed by atoms with Crippen molar-refractivity contribution in [2.75, 3.05) is 38.0 Å². The normalized spacial score (nSPS) is 10.5. The Labute approximate surface area is 113 Å². The zero-order valence-electron chi connectivity index (χ0n) is 11.4. The first kappa shape index (κ1) is 13.4. The topological polar surface area (TPSA) is 41.6 Å². The third-order valence-corrected chi connectivity index (χ3v) is 2.90. The van der Waals surface area contributed by atoms with Gasteiger partial charge in [0, 0.05) is 32.6 Å². The number of ether oxygens (including phenoxy) is 1. The maximum atomic E-state index is 11.4. The molecule has 0 spiro atoms. The fourth-order valence-electron chi connectivity index (χ4n) is 1.92. The van der Waals surface area contributed by atoms with Gasteiger partial charge in [0.15, 0.2) is 0 Å². The number of carbonyl (C=O) groups excluding carboxylic acids is 1. The molecule has 100 valence electrons. The van der Waals surface area contributed by atoms with Crippen LogP contribution in [0.3, 0.4) is 0 Å². The van der Waals surface area contributed by atoms with Crippen LogP contribution in [0.4, 0.5) is 11.4 Å². The standard InChI is InChI=1S/C15H18N2O2/c1-17(2)14-7-5-11-8-13(6-4-12(11)9-14)16-15(18)10-19-3/h4-9H,10H2,1-3H3,(H,16,18). The van der Waals surface area contributed by atoms with E-state index in [9.17, 15) is 4.79 Å². The molecule has 0 radical (unpaired) electrons. The minimum absolute atomic E-state index is 0.0671. The second-order valence-electron chi connectivity index (χ2n) is 4.62. The number of rotatable bonds is 4. The van der Waals surface area contributed by atoms with Crippen molar-refractivity contribution in [2.45, 2.75) is 0 Å². The van der Waals surface area contributed by atoms with Crippen LogP contribution in [-0.2, 0) is 9.53 Å². The molecule has 0 unspecified atom stereocenters. The molecule has 0 aromatic heterocycles. The summed E-state index contributed by atoms with van der Waals surface area (Å²) in [5.74, 6) is -0.147. The molecule has 2 aromatic rings. The molecule has 0 saturated carbocycles. The first-order valence-electron chi connectivity index (χ1n) is 6.10. The molecule has 1 amide bonds. The van der Waals surface area contributed by atoms with E-state index in [2.05, 4.69) is 28.4 Å². The number of hydrogen-bond donors (Lipinski definition) is 1.